The average molecular weight is 197 g/mol. The van der Waals surface area contributed by atoms with Crippen molar-refractivity contribution in [3.8, 4) is 0 Å². The zero-order chi connectivity index (χ0) is 9.19. The number of nitrogens with two attached hydrogens (primary N) is 1. The summed E-state index contributed by atoms with van der Waals surface area (Å²) in [6, 6.07) is 0. The molecule has 0 radical (unpaired) electrons. The number of hydrogen-bond donors (Lipinski definition) is 1. The topological polar surface area (TPSA) is 56.7 Å². The minimum Gasteiger partial charge on any atom is -0.448 e. The zero-order valence-corrected chi connectivity index (χ0v) is 6.64. The lowest BCUT2D eigenvalue weighted by molar-refractivity contribution is 0.485. The van der Waals surface area contributed by atoms with Crippen molar-refractivity contribution in [1.29, 1.82) is 0 Å². The van der Waals surface area contributed by atoms with Gasteiger partial charge in [0.15, 0.2) is 0 Å². The molecular formula is C3H5BF3N4S-. The van der Waals surface area contributed by atoms with Crippen LogP contribution < -0.4 is 5.84 Å². The normalized spacial score (nSPS) is 11.9. The maximum atomic E-state index is 11.7. The lowest BCUT2D eigenvalue weighted by Gasteiger charge is -2.11. The van der Waals surface area contributed by atoms with Gasteiger partial charge in [-0.1, -0.05) is 0 Å². The van der Waals surface area contributed by atoms with Gasteiger partial charge in [-0.15, -0.1) is 22.0 Å². The molecule has 1 aromatic rings. The van der Waals surface area contributed by atoms with Crippen molar-refractivity contribution in [2.45, 2.75) is 5.16 Å². The molecule has 1 heterocycles. The van der Waals surface area contributed by atoms with Crippen LogP contribution in [0.2, 0.25) is 0 Å². The predicted molar refractivity (Wildman–Crippen MR) is 40.0 cm³/mol. The Morgan fingerprint density at radius 3 is 2.67 bits per heavy atom. The second kappa shape index (κ2) is 3.25. The van der Waals surface area contributed by atoms with Crippen LogP contribution in [0, 0.1) is 0 Å². The van der Waals surface area contributed by atoms with Crippen LogP contribution in [-0.2, 0) is 0 Å². The van der Waals surface area contributed by atoms with E-state index in [0.717, 1.165) is 11.0 Å². The highest BCUT2D eigenvalue weighted by Gasteiger charge is 2.23. The molecule has 0 aliphatic heterocycles. The molecule has 2 N–H and O–H groups in total. The van der Waals surface area contributed by atoms with Crippen LogP contribution in [0.1, 0.15) is 0 Å². The van der Waals surface area contributed by atoms with E-state index < -0.39 is 12.6 Å². The number of nitrogen functional groups attached to an aromatic ring is 1. The van der Waals surface area contributed by atoms with E-state index in [-0.39, 0.29) is 5.16 Å². The third kappa shape index (κ3) is 2.64. The van der Waals surface area contributed by atoms with Crippen molar-refractivity contribution < 1.29 is 12.9 Å². The summed E-state index contributed by atoms with van der Waals surface area (Å²) < 4.78 is 36.1. The third-order valence-electron chi connectivity index (χ3n) is 0.942. The minimum absolute atomic E-state index is 0.0641. The Labute approximate surface area is 70.4 Å². The van der Waals surface area contributed by atoms with Gasteiger partial charge in [-0.3, -0.25) is 0 Å². The summed E-state index contributed by atoms with van der Waals surface area (Å²) in [5.74, 6) is 5.18. The Morgan fingerprint density at radius 1 is 1.58 bits per heavy atom. The summed E-state index contributed by atoms with van der Waals surface area (Å²) >= 11 is 0.528. The molecule has 68 valence electrons. The van der Waals surface area contributed by atoms with E-state index in [9.17, 15) is 12.9 Å². The van der Waals surface area contributed by atoms with Crippen molar-refractivity contribution in [2.75, 3.05) is 11.5 Å². The van der Waals surface area contributed by atoms with Gasteiger partial charge in [0, 0.05) is 0 Å². The first kappa shape index (κ1) is 9.23. The van der Waals surface area contributed by atoms with Crippen molar-refractivity contribution in [2.24, 2.45) is 0 Å². The van der Waals surface area contributed by atoms with Gasteiger partial charge in [-0.2, -0.15) is 0 Å². The molecule has 0 bridgehead atoms. The molecule has 12 heavy (non-hydrogen) atoms. The summed E-state index contributed by atoms with van der Waals surface area (Å²) in [6.45, 7) is -4.80. The van der Waals surface area contributed by atoms with E-state index in [1.807, 2.05) is 0 Å². The van der Waals surface area contributed by atoms with Crippen LogP contribution >= 0.6 is 11.8 Å². The van der Waals surface area contributed by atoms with Crippen LogP contribution in [0.5, 0.6) is 0 Å². The van der Waals surface area contributed by atoms with Gasteiger partial charge in [0.25, 0.3) is 0 Å². The number of thioether (sulfide) groups is 1. The Balaban J connectivity index is 2.49. The standard InChI is InChI=1S/C3H5BF3N4S/c5-4(6,7)1-12-3-10-9-2-11(3)8/h2H,1,8H2/q-1. The fraction of sp³-hybridized carbons (Fsp3) is 0.333. The maximum absolute atomic E-state index is 11.7. The lowest BCUT2D eigenvalue weighted by atomic mass is 9.98. The third-order valence-corrected chi connectivity index (χ3v) is 2.04. The number of halogens is 3. The first-order valence-corrected chi connectivity index (χ1v) is 3.96. The van der Waals surface area contributed by atoms with Gasteiger partial charge in [0.05, 0.1) is 0 Å². The molecule has 0 saturated heterocycles. The number of aromatic nitrogens is 3. The summed E-state index contributed by atoms with van der Waals surface area (Å²) in [5.41, 5.74) is -0.949. The molecule has 1 aromatic heterocycles. The second-order valence-corrected chi connectivity index (χ2v) is 3.03. The highest BCUT2D eigenvalue weighted by Crippen LogP contribution is 2.20. The quantitative estimate of drug-likeness (QED) is 0.434. The average Bonchev–Trinajstić information content (AvgIpc) is 2.29. The molecule has 0 aromatic carbocycles. The van der Waals surface area contributed by atoms with E-state index in [1.54, 1.807) is 0 Å². The number of hydrogen-bond acceptors (Lipinski definition) is 4. The van der Waals surface area contributed by atoms with E-state index in [1.165, 1.54) is 0 Å². The van der Waals surface area contributed by atoms with Gasteiger partial charge < -0.3 is 18.8 Å². The summed E-state index contributed by atoms with van der Waals surface area (Å²) in [7, 11) is 0. The van der Waals surface area contributed by atoms with E-state index in [4.69, 9.17) is 5.84 Å². The Hall–Kier alpha value is -0.855. The monoisotopic (exact) mass is 197 g/mol. The maximum Gasteiger partial charge on any atom is 0.488 e. The van der Waals surface area contributed by atoms with Crippen molar-refractivity contribution in [3.63, 3.8) is 0 Å². The molecule has 0 amide bonds. The van der Waals surface area contributed by atoms with Crippen molar-refractivity contribution in [1.82, 2.24) is 14.9 Å². The highest BCUT2D eigenvalue weighted by molar-refractivity contribution is 8.00. The van der Waals surface area contributed by atoms with Gasteiger partial charge >= 0.3 is 6.98 Å². The zero-order valence-electron chi connectivity index (χ0n) is 5.82. The van der Waals surface area contributed by atoms with Crippen LogP contribution in [-0.4, -0.2) is 27.5 Å². The highest BCUT2D eigenvalue weighted by atomic mass is 32.2. The molecule has 1 rings (SSSR count). The molecular weight excluding hydrogens is 192 g/mol. The molecule has 0 spiro atoms. The molecule has 9 heteroatoms. The molecule has 0 aliphatic rings. The Morgan fingerprint density at radius 2 is 2.25 bits per heavy atom. The van der Waals surface area contributed by atoms with E-state index in [0.29, 0.717) is 11.8 Å². The molecule has 0 atom stereocenters. The number of rotatable bonds is 3. The smallest absolute Gasteiger partial charge is 0.448 e. The fourth-order valence-electron chi connectivity index (χ4n) is 0.504. The second-order valence-electron chi connectivity index (χ2n) is 2.04. The minimum atomic E-state index is -4.80. The van der Waals surface area contributed by atoms with Crippen molar-refractivity contribution >= 4 is 18.7 Å². The van der Waals surface area contributed by atoms with Crippen LogP contribution in [0.25, 0.3) is 0 Å². The molecule has 0 fully saturated rings. The van der Waals surface area contributed by atoms with Crippen molar-refractivity contribution in [3.05, 3.63) is 6.33 Å². The number of nitrogens with zero attached hydrogens (tertiary/aromatic N) is 3. The fourth-order valence-corrected chi connectivity index (χ4v) is 1.14. The van der Waals surface area contributed by atoms with Crippen LogP contribution in [0.3, 0.4) is 0 Å². The lowest BCUT2D eigenvalue weighted by Crippen LogP contribution is -2.20. The molecule has 4 nitrogen and oxygen atoms in total. The Kier molecular flexibility index (Phi) is 2.50. The van der Waals surface area contributed by atoms with Crippen LogP contribution in [0.15, 0.2) is 11.5 Å². The first-order chi connectivity index (χ1) is 5.49. The van der Waals surface area contributed by atoms with E-state index in [2.05, 4.69) is 10.2 Å². The summed E-state index contributed by atoms with van der Waals surface area (Å²) in [6.07, 6.45) is 1.14. The van der Waals surface area contributed by atoms with E-state index >= 15 is 0 Å². The first-order valence-electron chi connectivity index (χ1n) is 2.98. The predicted octanol–water partition coefficient (Wildman–Crippen LogP) is 0.471. The van der Waals surface area contributed by atoms with Gasteiger partial charge in [-0.05, 0) is 5.65 Å². The molecule has 0 aliphatic carbocycles. The summed E-state index contributed by atoms with van der Waals surface area (Å²) in [5, 5.41) is 6.77. The SMILES string of the molecule is Nn1cnnc1SC[B-](F)(F)F. The molecule has 0 unspecified atom stereocenters. The Bertz CT molecular complexity index is 260. The van der Waals surface area contributed by atoms with Gasteiger partial charge in [0.1, 0.15) is 6.33 Å². The summed E-state index contributed by atoms with van der Waals surface area (Å²) in [4.78, 5) is 0. The van der Waals surface area contributed by atoms with Gasteiger partial charge in [-0.25, -0.2) is 4.68 Å². The largest absolute Gasteiger partial charge is 0.488 e. The molecule has 0 saturated carbocycles. The van der Waals surface area contributed by atoms with Gasteiger partial charge in [0.2, 0.25) is 5.16 Å². The van der Waals surface area contributed by atoms with Crippen LogP contribution in [0.4, 0.5) is 12.9 Å².